The Morgan fingerprint density at radius 2 is 1.42 bits per heavy atom. The Bertz CT molecular complexity index is 579. The van der Waals surface area contributed by atoms with Crippen LogP contribution in [-0.2, 0) is 0 Å². The Morgan fingerprint density at radius 1 is 0.895 bits per heavy atom. The first-order valence-corrected chi connectivity index (χ1v) is 6.76. The number of para-hydroxylation sites is 1. The fourth-order valence-electron chi connectivity index (χ4n) is 1.73. The number of aromatic hydroxyl groups is 1. The minimum absolute atomic E-state index is 0.0944. The number of hydrogen-bond donors (Lipinski definition) is 1. The highest BCUT2D eigenvalue weighted by atomic mass is 127. The number of benzene rings is 2. The summed E-state index contributed by atoms with van der Waals surface area (Å²) in [6, 6.07) is 13.4. The van der Waals surface area contributed by atoms with Gasteiger partial charge < -0.3 is 5.11 Å². The lowest BCUT2D eigenvalue weighted by Crippen LogP contribution is -2.10. The van der Waals surface area contributed by atoms with Crippen molar-refractivity contribution in [1.82, 2.24) is 0 Å². The number of carbonyl (C=O) groups is 2. The maximum atomic E-state index is 12.1. The summed E-state index contributed by atoms with van der Waals surface area (Å²) >= 11 is 2.06. The molecule has 0 saturated carbocycles. The summed E-state index contributed by atoms with van der Waals surface area (Å²) in [5, 5.41) is 9.59. The molecule has 0 atom stereocenters. The molecule has 19 heavy (non-hydrogen) atoms. The SMILES string of the molecule is O=C(CC(=O)c1ccccc1I)c1ccccc1O. The van der Waals surface area contributed by atoms with Crippen LogP contribution in [0.5, 0.6) is 5.75 Å². The van der Waals surface area contributed by atoms with Crippen molar-refractivity contribution in [2.24, 2.45) is 0 Å². The lowest BCUT2D eigenvalue weighted by Gasteiger charge is -2.04. The van der Waals surface area contributed by atoms with Gasteiger partial charge in [-0.1, -0.05) is 30.3 Å². The molecular formula is C15H11IO3. The number of hydrogen-bond acceptors (Lipinski definition) is 3. The monoisotopic (exact) mass is 366 g/mol. The molecular weight excluding hydrogens is 355 g/mol. The molecule has 4 heteroatoms. The second-order valence-corrected chi connectivity index (χ2v) is 5.18. The quantitative estimate of drug-likeness (QED) is 0.512. The Labute approximate surface area is 124 Å². The number of ketones is 2. The summed E-state index contributed by atoms with van der Waals surface area (Å²) in [6.07, 6.45) is -0.239. The molecule has 0 bridgehead atoms. The van der Waals surface area contributed by atoms with E-state index in [1.165, 1.54) is 12.1 Å². The van der Waals surface area contributed by atoms with Crippen molar-refractivity contribution in [3.63, 3.8) is 0 Å². The molecule has 0 radical (unpaired) electrons. The molecule has 0 fully saturated rings. The fraction of sp³-hybridized carbons (Fsp3) is 0.0667. The average Bonchev–Trinajstić information content (AvgIpc) is 2.39. The van der Waals surface area contributed by atoms with E-state index in [9.17, 15) is 14.7 Å². The van der Waals surface area contributed by atoms with Crippen LogP contribution in [0.15, 0.2) is 48.5 Å². The van der Waals surface area contributed by atoms with Crippen LogP contribution in [0.4, 0.5) is 0 Å². The molecule has 0 aliphatic rings. The molecule has 0 saturated heterocycles. The summed E-state index contributed by atoms with van der Waals surface area (Å²) in [7, 11) is 0. The topological polar surface area (TPSA) is 54.4 Å². The predicted molar refractivity (Wildman–Crippen MR) is 80.5 cm³/mol. The third-order valence-electron chi connectivity index (χ3n) is 2.70. The van der Waals surface area contributed by atoms with Gasteiger partial charge in [0, 0.05) is 9.13 Å². The second-order valence-electron chi connectivity index (χ2n) is 4.02. The first kappa shape index (κ1) is 13.7. The van der Waals surface area contributed by atoms with Crippen LogP contribution in [-0.4, -0.2) is 16.7 Å². The molecule has 0 amide bonds. The van der Waals surface area contributed by atoms with E-state index in [1.807, 2.05) is 12.1 Å². The van der Waals surface area contributed by atoms with E-state index >= 15 is 0 Å². The van der Waals surface area contributed by atoms with Crippen LogP contribution in [0, 0.1) is 3.57 Å². The molecule has 0 aliphatic carbocycles. The number of carbonyl (C=O) groups excluding carboxylic acids is 2. The highest BCUT2D eigenvalue weighted by Crippen LogP contribution is 2.20. The van der Waals surface area contributed by atoms with Crippen molar-refractivity contribution in [3.8, 4) is 5.75 Å². The van der Waals surface area contributed by atoms with Crippen molar-refractivity contribution in [2.75, 3.05) is 0 Å². The van der Waals surface area contributed by atoms with Crippen molar-refractivity contribution < 1.29 is 14.7 Å². The zero-order valence-electron chi connectivity index (χ0n) is 9.97. The zero-order chi connectivity index (χ0) is 13.8. The van der Waals surface area contributed by atoms with Gasteiger partial charge in [0.25, 0.3) is 0 Å². The van der Waals surface area contributed by atoms with Gasteiger partial charge in [-0.2, -0.15) is 0 Å². The number of Topliss-reactive ketones (excluding diaryl/α,β-unsaturated/α-hetero) is 2. The van der Waals surface area contributed by atoms with Gasteiger partial charge in [0.1, 0.15) is 5.75 Å². The number of halogens is 1. The molecule has 1 N–H and O–H groups in total. The van der Waals surface area contributed by atoms with Crippen LogP contribution in [0.1, 0.15) is 27.1 Å². The molecule has 2 aromatic rings. The van der Waals surface area contributed by atoms with Crippen LogP contribution < -0.4 is 0 Å². The lowest BCUT2D eigenvalue weighted by atomic mass is 10.0. The van der Waals surface area contributed by atoms with Gasteiger partial charge >= 0.3 is 0 Å². The third kappa shape index (κ3) is 3.20. The maximum Gasteiger partial charge on any atom is 0.174 e. The summed E-state index contributed by atoms with van der Waals surface area (Å²) in [6.45, 7) is 0. The van der Waals surface area contributed by atoms with E-state index in [4.69, 9.17) is 0 Å². The molecule has 0 heterocycles. The molecule has 3 nitrogen and oxygen atoms in total. The zero-order valence-corrected chi connectivity index (χ0v) is 12.1. The number of phenolic OH excluding ortho intramolecular Hbond substituents is 1. The van der Waals surface area contributed by atoms with E-state index < -0.39 is 0 Å². The first-order valence-electron chi connectivity index (χ1n) is 5.68. The Morgan fingerprint density at radius 3 is 2.05 bits per heavy atom. The summed E-state index contributed by atoms with van der Waals surface area (Å²) < 4.78 is 0.815. The molecule has 0 spiro atoms. The number of phenols is 1. The standard InChI is InChI=1S/C15H11IO3/c16-12-7-3-1-5-10(12)14(18)9-15(19)11-6-2-4-8-13(11)17/h1-8,17H,9H2. The Balaban J connectivity index is 2.19. The van der Waals surface area contributed by atoms with Gasteiger partial charge in [0.15, 0.2) is 11.6 Å². The van der Waals surface area contributed by atoms with Gasteiger partial charge in [-0.3, -0.25) is 9.59 Å². The van der Waals surface area contributed by atoms with E-state index in [0.29, 0.717) is 5.56 Å². The van der Waals surface area contributed by atoms with Crippen LogP contribution >= 0.6 is 22.6 Å². The van der Waals surface area contributed by atoms with Gasteiger partial charge in [0.05, 0.1) is 12.0 Å². The van der Waals surface area contributed by atoms with Crippen LogP contribution in [0.2, 0.25) is 0 Å². The first-order chi connectivity index (χ1) is 9.09. The van der Waals surface area contributed by atoms with Gasteiger partial charge in [0.2, 0.25) is 0 Å². The molecule has 2 rings (SSSR count). The molecule has 0 unspecified atom stereocenters. The van der Waals surface area contributed by atoms with Gasteiger partial charge in [-0.15, -0.1) is 0 Å². The number of rotatable bonds is 4. The van der Waals surface area contributed by atoms with E-state index in [0.717, 1.165) is 3.57 Å². The molecule has 0 aliphatic heterocycles. The van der Waals surface area contributed by atoms with Gasteiger partial charge in [-0.05, 0) is 40.8 Å². The molecule has 2 aromatic carbocycles. The van der Waals surface area contributed by atoms with E-state index in [2.05, 4.69) is 22.6 Å². The summed E-state index contributed by atoms with van der Waals surface area (Å²) in [5.41, 5.74) is 0.716. The average molecular weight is 366 g/mol. The third-order valence-corrected chi connectivity index (χ3v) is 3.64. The van der Waals surface area contributed by atoms with Crippen LogP contribution in [0.25, 0.3) is 0 Å². The maximum absolute atomic E-state index is 12.1. The predicted octanol–water partition coefficient (Wildman–Crippen LogP) is 3.45. The molecule has 0 aromatic heterocycles. The summed E-state index contributed by atoms with van der Waals surface area (Å²) in [5.74, 6) is -0.705. The van der Waals surface area contributed by atoms with Crippen molar-refractivity contribution in [1.29, 1.82) is 0 Å². The normalized spacial score (nSPS) is 10.2. The largest absolute Gasteiger partial charge is 0.507 e. The summed E-state index contributed by atoms with van der Waals surface area (Å²) in [4.78, 5) is 24.0. The fourth-order valence-corrected chi connectivity index (χ4v) is 2.42. The van der Waals surface area contributed by atoms with E-state index in [1.54, 1.807) is 24.3 Å². The molecule has 96 valence electrons. The van der Waals surface area contributed by atoms with Gasteiger partial charge in [-0.25, -0.2) is 0 Å². The van der Waals surface area contributed by atoms with Crippen molar-refractivity contribution in [3.05, 3.63) is 63.2 Å². The van der Waals surface area contributed by atoms with Crippen LogP contribution in [0.3, 0.4) is 0 Å². The second kappa shape index (κ2) is 5.97. The van der Waals surface area contributed by atoms with Crippen molar-refractivity contribution in [2.45, 2.75) is 6.42 Å². The van der Waals surface area contributed by atoms with E-state index in [-0.39, 0.29) is 29.3 Å². The van der Waals surface area contributed by atoms with Crippen molar-refractivity contribution >= 4 is 34.2 Å². The minimum Gasteiger partial charge on any atom is -0.507 e. The highest BCUT2D eigenvalue weighted by Gasteiger charge is 2.17. The lowest BCUT2D eigenvalue weighted by molar-refractivity contribution is 0.0892. The smallest absolute Gasteiger partial charge is 0.174 e. The minimum atomic E-state index is -0.372. The Hall–Kier alpha value is -1.69. The Kier molecular flexibility index (Phi) is 4.31. The highest BCUT2D eigenvalue weighted by molar-refractivity contribution is 14.1.